The second-order valence-electron chi connectivity index (χ2n) is 9.17. The molecule has 0 saturated heterocycles. The van der Waals surface area contributed by atoms with Crippen molar-refractivity contribution in [1.29, 1.82) is 5.41 Å². The van der Waals surface area contributed by atoms with E-state index in [1.165, 1.54) is 0 Å². The summed E-state index contributed by atoms with van der Waals surface area (Å²) in [4.78, 5) is 43.5. The number of carbonyl (C=O) groups is 4. The van der Waals surface area contributed by atoms with Gasteiger partial charge >= 0.3 is 23.9 Å². The smallest absolute Gasteiger partial charge is 0.320 e. The van der Waals surface area contributed by atoms with Gasteiger partial charge in [-0.25, -0.2) is 4.79 Å². The molecule has 0 heterocycles. The molecule has 0 radical (unpaired) electrons. The van der Waals surface area contributed by atoms with Gasteiger partial charge in [-0.05, 0) is 59.2 Å². The molecule has 0 fully saturated rings. The van der Waals surface area contributed by atoms with Gasteiger partial charge < -0.3 is 54.2 Å². The molecule has 0 saturated carbocycles. The Morgan fingerprint density at radius 2 is 1.36 bits per heavy atom. The van der Waals surface area contributed by atoms with Gasteiger partial charge in [0.15, 0.2) is 5.96 Å². The number of guanidine groups is 1. The van der Waals surface area contributed by atoms with Gasteiger partial charge in [-0.1, -0.05) is 20.3 Å². The van der Waals surface area contributed by atoms with Gasteiger partial charge in [0, 0.05) is 19.1 Å². The lowest BCUT2D eigenvalue weighted by molar-refractivity contribution is -0.142. The van der Waals surface area contributed by atoms with E-state index in [1.807, 2.05) is 13.8 Å². The number of hydrogen-bond donors (Lipinski definition) is 11. The minimum absolute atomic E-state index is 0.0817. The van der Waals surface area contributed by atoms with Crippen molar-refractivity contribution in [3.63, 3.8) is 0 Å². The summed E-state index contributed by atoms with van der Waals surface area (Å²) in [5, 5.41) is 40.8. The van der Waals surface area contributed by atoms with Crippen LogP contribution in [0.2, 0.25) is 0 Å². The van der Waals surface area contributed by atoms with Gasteiger partial charge in [0.05, 0.1) is 0 Å². The highest BCUT2D eigenvalue weighted by Gasteiger charge is 2.19. The first-order valence-electron chi connectivity index (χ1n) is 12.7. The largest absolute Gasteiger partial charge is 0.480 e. The molecule has 0 aromatic heterocycles. The van der Waals surface area contributed by atoms with Crippen LogP contribution in [0.1, 0.15) is 58.8 Å². The highest BCUT2D eigenvalue weighted by atomic mass is 16.4. The second-order valence-corrected chi connectivity index (χ2v) is 9.17. The summed E-state index contributed by atoms with van der Waals surface area (Å²) in [6.45, 7) is 5.41. The Balaban J connectivity index is -0.000000500. The van der Waals surface area contributed by atoms with Crippen LogP contribution in [-0.2, 0) is 14.4 Å². The number of likely N-dealkylation sites (N-methyl/N-ethyl adjacent to an activating group) is 1. The molecule has 230 valence electrons. The fourth-order valence-electron chi connectivity index (χ4n) is 2.95. The van der Waals surface area contributed by atoms with Crippen LogP contribution in [-0.4, -0.2) is 108 Å². The van der Waals surface area contributed by atoms with Crippen molar-refractivity contribution in [1.82, 2.24) is 20.9 Å². The first-order chi connectivity index (χ1) is 18.1. The zero-order valence-electron chi connectivity index (χ0n) is 23.6. The van der Waals surface area contributed by atoms with Gasteiger partial charge in [0.25, 0.3) is 0 Å². The average Bonchev–Trinajstić information content (AvgIpc) is 2.80. The summed E-state index contributed by atoms with van der Waals surface area (Å²) in [6.07, 6.45) is 4.48. The van der Waals surface area contributed by atoms with Crippen LogP contribution in [0.4, 0.5) is 4.79 Å². The van der Waals surface area contributed by atoms with Crippen molar-refractivity contribution in [2.75, 3.05) is 33.7 Å². The number of unbranched alkanes of at least 4 members (excludes halogenated alkanes) is 1. The van der Waals surface area contributed by atoms with Gasteiger partial charge in [-0.2, -0.15) is 0 Å². The molecular weight excluding hydrogens is 514 g/mol. The van der Waals surface area contributed by atoms with Crippen LogP contribution in [0, 0.1) is 5.41 Å². The molecule has 3 atom stereocenters. The number of carbonyl (C=O) groups excluding carboxylic acids is 1. The molecule has 0 unspecified atom stereocenters. The van der Waals surface area contributed by atoms with E-state index in [0.717, 1.165) is 12.8 Å². The summed E-state index contributed by atoms with van der Waals surface area (Å²) in [7, 11) is 3.47. The lowest BCUT2D eigenvalue weighted by atomic mass is 10.1. The predicted molar refractivity (Wildman–Crippen MR) is 149 cm³/mol. The van der Waals surface area contributed by atoms with Crippen LogP contribution in [0.5, 0.6) is 0 Å². The lowest BCUT2D eigenvalue weighted by Crippen LogP contribution is -2.40. The molecule has 15 N–H and O–H groups in total. The Morgan fingerprint density at radius 3 is 1.74 bits per heavy atom. The number of rotatable bonds is 18. The van der Waals surface area contributed by atoms with E-state index in [2.05, 4.69) is 16.0 Å². The third-order valence-electron chi connectivity index (χ3n) is 4.97. The Labute approximate surface area is 230 Å². The number of urea groups is 1. The Hall–Kier alpha value is -3.21. The molecule has 0 rings (SSSR count). The number of nitrogens with zero attached hydrogens (tertiary/aromatic N) is 1. The molecule has 16 heteroatoms. The molecule has 2 amide bonds. The van der Waals surface area contributed by atoms with E-state index in [-0.39, 0.29) is 12.0 Å². The standard InChI is InChI=1S/C9H20N2O2.C8H18N4O2.C6H13N3O3/c1-7(2)11-8(9(12)13)5-3-4-6-10;1-12(2)6(7(13)14)4-3-5-11-8(9)10;7-4(5(10)11)2-1-3-9-6(8)12/h7-8,11H,3-6,10H2,1-2H3,(H,12,13);6H,3-5H2,1-2H3,(H,13,14)(H4,9,10,11);4H,1-3,7H2,(H,10,11)(H3,8,9,12)/t8-;6-;4-/m000/s1. The van der Waals surface area contributed by atoms with E-state index < -0.39 is 42.1 Å². The summed E-state index contributed by atoms with van der Waals surface area (Å²) in [5.41, 5.74) is 20.4. The first kappa shape index (κ1) is 40.3. The van der Waals surface area contributed by atoms with Crippen LogP contribution >= 0.6 is 0 Å². The molecule has 0 aromatic rings. The number of primary amides is 1. The first-order valence-corrected chi connectivity index (χ1v) is 12.7. The zero-order valence-corrected chi connectivity index (χ0v) is 23.6. The highest BCUT2D eigenvalue weighted by Crippen LogP contribution is 2.03. The number of aliphatic carboxylic acids is 3. The Bertz CT molecular complexity index is 709. The molecule has 0 bridgehead atoms. The summed E-state index contributed by atoms with van der Waals surface area (Å²) in [5.74, 6) is -2.71. The van der Waals surface area contributed by atoms with E-state index in [1.54, 1.807) is 19.0 Å². The molecule has 0 spiro atoms. The summed E-state index contributed by atoms with van der Waals surface area (Å²) < 4.78 is 0. The highest BCUT2D eigenvalue weighted by molar-refractivity contribution is 5.75. The van der Waals surface area contributed by atoms with E-state index >= 15 is 0 Å². The Kier molecular flexibility index (Phi) is 25.9. The number of hydrogen-bond acceptors (Lipinski definition) is 9. The SMILES string of the molecule is CC(C)N[C@@H](CCCCN)C(=O)O.CN(C)[C@@H](CCCNC(=N)N)C(=O)O.NC(=O)NCCC[C@H](N)C(=O)O. The summed E-state index contributed by atoms with van der Waals surface area (Å²) >= 11 is 0. The van der Waals surface area contributed by atoms with Crippen LogP contribution in [0.25, 0.3) is 0 Å². The molecule has 0 aliphatic heterocycles. The number of amides is 2. The van der Waals surface area contributed by atoms with Crippen molar-refractivity contribution in [2.24, 2.45) is 22.9 Å². The van der Waals surface area contributed by atoms with Crippen LogP contribution < -0.4 is 38.9 Å². The van der Waals surface area contributed by atoms with Crippen LogP contribution in [0.15, 0.2) is 0 Å². The maximum atomic E-state index is 10.7. The zero-order chi connectivity index (χ0) is 31.0. The number of nitrogens with one attached hydrogen (secondary N) is 4. The van der Waals surface area contributed by atoms with Gasteiger partial charge in [0.1, 0.15) is 18.1 Å². The fraction of sp³-hybridized carbons (Fsp3) is 0.783. The third kappa shape index (κ3) is 29.2. The quantitative estimate of drug-likeness (QED) is 0.0522. The van der Waals surface area contributed by atoms with Gasteiger partial charge in [-0.15, -0.1) is 0 Å². The van der Waals surface area contributed by atoms with E-state index in [9.17, 15) is 19.2 Å². The third-order valence-corrected chi connectivity index (χ3v) is 4.97. The van der Waals surface area contributed by atoms with Crippen molar-refractivity contribution in [2.45, 2.75) is 83.0 Å². The predicted octanol–water partition coefficient (Wildman–Crippen LogP) is -1.32. The van der Waals surface area contributed by atoms with E-state index in [4.69, 9.17) is 43.7 Å². The van der Waals surface area contributed by atoms with Gasteiger partial charge in [-0.3, -0.25) is 24.7 Å². The van der Waals surface area contributed by atoms with E-state index in [0.29, 0.717) is 51.7 Å². The van der Waals surface area contributed by atoms with Crippen molar-refractivity contribution in [3.8, 4) is 0 Å². The fourth-order valence-corrected chi connectivity index (χ4v) is 2.95. The molecule has 16 nitrogen and oxygen atoms in total. The molecule has 0 aromatic carbocycles. The maximum Gasteiger partial charge on any atom is 0.320 e. The minimum Gasteiger partial charge on any atom is -0.480 e. The number of carboxylic acids is 3. The molecule has 0 aliphatic rings. The average molecular weight is 566 g/mol. The maximum absolute atomic E-state index is 10.7. The normalized spacial score (nSPS) is 12.6. The summed E-state index contributed by atoms with van der Waals surface area (Å²) in [6, 6.07) is -2.16. The van der Waals surface area contributed by atoms with Crippen LogP contribution in [0.3, 0.4) is 0 Å². The molecule has 0 aliphatic carbocycles. The topological polar surface area (TPSA) is 296 Å². The van der Waals surface area contributed by atoms with Crippen molar-refractivity contribution >= 4 is 29.9 Å². The van der Waals surface area contributed by atoms with Crippen molar-refractivity contribution < 1.29 is 34.5 Å². The van der Waals surface area contributed by atoms with Gasteiger partial charge in [0.2, 0.25) is 0 Å². The number of carboxylic acid groups (broad SMARTS) is 3. The number of nitrogens with two attached hydrogens (primary N) is 4. The monoisotopic (exact) mass is 565 g/mol. The Morgan fingerprint density at radius 1 is 0.821 bits per heavy atom. The van der Waals surface area contributed by atoms with Crippen molar-refractivity contribution in [3.05, 3.63) is 0 Å². The minimum atomic E-state index is -1.03. The molecular formula is C23H51N9O7. The second kappa shape index (κ2) is 25.1. The lowest BCUT2D eigenvalue weighted by Gasteiger charge is -2.19. The molecule has 39 heavy (non-hydrogen) atoms.